The minimum atomic E-state index is 0.407. The molecule has 2 heteroatoms. The van der Waals surface area contributed by atoms with Gasteiger partial charge in [0.1, 0.15) is 0 Å². The summed E-state index contributed by atoms with van der Waals surface area (Å²) in [6, 6.07) is 0.407. The maximum Gasteiger partial charge on any atom is 0.00508 e. The van der Waals surface area contributed by atoms with Crippen molar-refractivity contribution in [2.75, 3.05) is 13.1 Å². The topological polar surface area (TPSA) is 38.0 Å². The third-order valence-electron chi connectivity index (χ3n) is 3.56. The smallest absolute Gasteiger partial charge is 0.00508 e. The Morgan fingerprint density at radius 2 is 2.00 bits per heavy atom. The monoisotopic (exact) mass is 198 g/mol. The predicted octanol–water partition coefficient (Wildman–Crippen LogP) is 2.28. The Kier molecular flexibility index (Phi) is 4.90. The van der Waals surface area contributed by atoms with E-state index in [0.29, 0.717) is 11.5 Å². The van der Waals surface area contributed by atoms with Gasteiger partial charge >= 0.3 is 0 Å². The van der Waals surface area contributed by atoms with E-state index < -0.39 is 0 Å². The van der Waals surface area contributed by atoms with Crippen molar-refractivity contribution in [2.24, 2.45) is 11.1 Å². The molecule has 0 amide bonds. The van der Waals surface area contributed by atoms with E-state index in [9.17, 15) is 0 Å². The number of rotatable bonds is 8. The van der Waals surface area contributed by atoms with Crippen molar-refractivity contribution in [1.29, 1.82) is 0 Å². The molecule has 1 fully saturated rings. The second-order valence-corrected chi connectivity index (χ2v) is 4.87. The lowest BCUT2D eigenvalue weighted by Crippen LogP contribution is -2.30. The highest BCUT2D eigenvalue weighted by atomic mass is 14.9. The van der Waals surface area contributed by atoms with Crippen molar-refractivity contribution in [3.8, 4) is 0 Å². The molecule has 1 rings (SSSR count). The van der Waals surface area contributed by atoms with Crippen molar-refractivity contribution in [3.05, 3.63) is 0 Å². The van der Waals surface area contributed by atoms with Gasteiger partial charge in [0.15, 0.2) is 0 Å². The molecule has 1 atom stereocenters. The summed E-state index contributed by atoms with van der Waals surface area (Å²) in [5, 5.41) is 3.55. The Balaban J connectivity index is 1.94. The van der Waals surface area contributed by atoms with Crippen LogP contribution in [-0.4, -0.2) is 19.1 Å². The number of hydrogen-bond donors (Lipinski definition) is 2. The molecule has 1 saturated carbocycles. The van der Waals surface area contributed by atoms with Crippen LogP contribution in [-0.2, 0) is 0 Å². The molecule has 3 N–H and O–H groups in total. The molecule has 1 unspecified atom stereocenters. The normalized spacial score (nSPS) is 20.8. The lowest BCUT2D eigenvalue weighted by atomic mass is 10.0. The van der Waals surface area contributed by atoms with Gasteiger partial charge in [-0.1, -0.05) is 20.3 Å². The third-order valence-corrected chi connectivity index (χ3v) is 3.56. The first-order chi connectivity index (χ1) is 6.72. The predicted molar refractivity (Wildman–Crippen MR) is 62.3 cm³/mol. The van der Waals surface area contributed by atoms with E-state index in [1.165, 1.54) is 38.6 Å². The molecule has 0 aliphatic heterocycles. The zero-order valence-electron chi connectivity index (χ0n) is 9.81. The molecule has 2 nitrogen and oxygen atoms in total. The van der Waals surface area contributed by atoms with Gasteiger partial charge in [0.25, 0.3) is 0 Å². The van der Waals surface area contributed by atoms with Crippen molar-refractivity contribution < 1.29 is 0 Å². The minimum Gasteiger partial charge on any atom is -0.328 e. The fourth-order valence-corrected chi connectivity index (χ4v) is 1.99. The Labute approximate surface area is 88.6 Å². The summed E-state index contributed by atoms with van der Waals surface area (Å²) in [7, 11) is 0. The summed E-state index contributed by atoms with van der Waals surface area (Å²) >= 11 is 0. The average molecular weight is 198 g/mol. The fourth-order valence-electron chi connectivity index (χ4n) is 1.99. The van der Waals surface area contributed by atoms with Gasteiger partial charge in [-0.3, -0.25) is 0 Å². The van der Waals surface area contributed by atoms with Crippen molar-refractivity contribution >= 4 is 0 Å². The van der Waals surface area contributed by atoms with Crippen LogP contribution in [0.5, 0.6) is 0 Å². The summed E-state index contributed by atoms with van der Waals surface area (Å²) < 4.78 is 0. The van der Waals surface area contributed by atoms with Crippen LogP contribution >= 0.6 is 0 Å². The second-order valence-electron chi connectivity index (χ2n) is 4.87. The Morgan fingerprint density at radius 3 is 2.50 bits per heavy atom. The largest absolute Gasteiger partial charge is 0.328 e. The van der Waals surface area contributed by atoms with Gasteiger partial charge in [-0.2, -0.15) is 0 Å². The molecule has 0 spiro atoms. The molecular weight excluding hydrogens is 172 g/mol. The maximum atomic E-state index is 5.94. The van der Waals surface area contributed by atoms with Gasteiger partial charge in [0.05, 0.1) is 0 Å². The SMILES string of the molecule is CCCC(N)CCNCC1(CC)CC1. The minimum absolute atomic E-state index is 0.407. The maximum absolute atomic E-state index is 5.94. The summed E-state index contributed by atoms with van der Waals surface area (Å²) in [5.41, 5.74) is 6.62. The Bertz CT molecular complexity index is 152. The highest BCUT2D eigenvalue weighted by molar-refractivity contribution is 4.93. The quantitative estimate of drug-likeness (QED) is 0.587. The van der Waals surface area contributed by atoms with Crippen LogP contribution in [0.15, 0.2) is 0 Å². The van der Waals surface area contributed by atoms with E-state index in [0.717, 1.165) is 13.0 Å². The lowest BCUT2D eigenvalue weighted by molar-refractivity contribution is 0.429. The summed E-state index contributed by atoms with van der Waals surface area (Å²) in [6.07, 6.45) is 7.70. The van der Waals surface area contributed by atoms with E-state index in [4.69, 9.17) is 5.73 Å². The molecule has 1 aliphatic rings. The lowest BCUT2D eigenvalue weighted by Gasteiger charge is -2.15. The van der Waals surface area contributed by atoms with Crippen LogP contribution in [0, 0.1) is 5.41 Å². The van der Waals surface area contributed by atoms with Crippen LogP contribution < -0.4 is 11.1 Å². The summed E-state index contributed by atoms with van der Waals surface area (Å²) in [4.78, 5) is 0. The van der Waals surface area contributed by atoms with Gasteiger partial charge in [0, 0.05) is 12.6 Å². The van der Waals surface area contributed by atoms with Gasteiger partial charge < -0.3 is 11.1 Å². The molecule has 0 aromatic carbocycles. The molecule has 0 radical (unpaired) electrons. The van der Waals surface area contributed by atoms with Gasteiger partial charge in [-0.05, 0) is 44.1 Å². The highest BCUT2D eigenvalue weighted by Gasteiger charge is 2.39. The van der Waals surface area contributed by atoms with E-state index in [1.54, 1.807) is 0 Å². The average Bonchev–Trinajstić information content (AvgIpc) is 2.94. The van der Waals surface area contributed by atoms with Crippen LogP contribution in [0.4, 0.5) is 0 Å². The van der Waals surface area contributed by atoms with E-state index in [2.05, 4.69) is 19.2 Å². The molecule has 1 aliphatic carbocycles. The third kappa shape index (κ3) is 3.97. The first kappa shape index (κ1) is 12.0. The van der Waals surface area contributed by atoms with Crippen LogP contribution in [0.2, 0.25) is 0 Å². The van der Waals surface area contributed by atoms with E-state index in [1.807, 2.05) is 0 Å². The molecule has 84 valence electrons. The molecule has 0 bridgehead atoms. The van der Waals surface area contributed by atoms with Crippen molar-refractivity contribution in [2.45, 2.75) is 58.4 Å². The molecule has 0 aromatic rings. The molecule has 14 heavy (non-hydrogen) atoms. The zero-order valence-corrected chi connectivity index (χ0v) is 9.81. The summed E-state index contributed by atoms with van der Waals surface area (Å²) in [5.74, 6) is 0. The molecule has 0 heterocycles. The van der Waals surface area contributed by atoms with Crippen LogP contribution in [0.1, 0.15) is 52.4 Å². The van der Waals surface area contributed by atoms with Crippen molar-refractivity contribution in [1.82, 2.24) is 5.32 Å². The van der Waals surface area contributed by atoms with Gasteiger partial charge in [-0.25, -0.2) is 0 Å². The zero-order chi connectivity index (χ0) is 10.4. The number of hydrogen-bond acceptors (Lipinski definition) is 2. The highest BCUT2D eigenvalue weighted by Crippen LogP contribution is 2.47. The molecule has 0 saturated heterocycles. The summed E-state index contributed by atoms with van der Waals surface area (Å²) in [6.45, 7) is 6.81. The molecular formula is C12H26N2. The number of nitrogens with one attached hydrogen (secondary N) is 1. The van der Waals surface area contributed by atoms with Crippen LogP contribution in [0.25, 0.3) is 0 Å². The Hall–Kier alpha value is -0.0800. The van der Waals surface area contributed by atoms with E-state index >= 15 is 0 Å². The number of nitrogens with two attached hydrogens (primary N) is 1. The second kappa shape index (κ2) is 5.72. The fraction of sp³-hybridized carbons (Fsp3) is 1.00. The first-order valence-electron chi connectivity index (χ1n) is 6.19. The Morgan fingerprint density at radius 1 is 1.29 bits per heavy atom. The van der Waals surface area contributed by atoms with Crippen LogP contribution in [0.3, 0.4) is 0 Å². The van der Waals surface area contributed by atoms with Gasteiger partial charge in [-0.15, -0.1) is 0 Å². The standard InChI is InChI=1S/C12H26N2/c1-3-5-11(13)6-9-14-10-12(4-2)7-8-12/h11,14H,3-10,13H2,1-2H3. The molecule has 0 aromatic heterocycles. The van der Waals surface area contributed by atoms with Gasteiger partial charge in [0.2, 0.25) is 0 Å². The van der Waals surface area contributed by atoms with E-state index in [-0.39, 0.29) is 0 Å². The van der Waals surface area contributed by atoms with Crippen molar-refractivity contribution in [3.63, 3.8) is 0 Å². The first-order valence-corrected chi connectivity index (χ1v) is 6.19.